The largest absolute Gasteiger partial charge is 0.289 e. The molecule has 0 atom stereocenters. The Kier molecular flexibility index (Phi) is 4.94. The summed E-state index contributed by atoms with van der Waals surface area (Å²) in [6.07, 6.45) is 0. The van der Waals surface area contributed by atoms with E-state index in [2.05, 4.69) is 0 Å². The predicted molar refractivity (Wildman–Crippen MR) is 112 cm³/mol. The van der Waals surface area contributed by atoms with Crippen LogP contribution in [0.2, 0.25) is 0 Å². The Labute approximate surface area is 164 Å². The molecule has 4 aromatic rings. The van der Waals surface area contributed by atoms with Gasteiger partial charge in [-0.2, -0.15) is 0 Å². The van der Waals surface area contributed by atoms with Crippen molar-refractivity contribution in [1.29, 1.82) is 0 Å². The maximum Gasteiger partial charge on any atom is 0.193 e. The summed E-state index contributed by atoms with van der Waals surface area (Å²) in [5.41, 5.74) is 4.36. The fourth-order valence-electron chi connectivity index (χ4n) is 3.24. The number of carbonyl (C=O) groups is 2. The van der Waals surface area contributed by atoms with Gasteiger partial charge in [-0.15, -0.1) is 0 Å². The van der Waals surface area contributed by atoms with Crippen molar-refractivity contribution in [1.82, 2.24) is 0 Å². The molecule has 4 aromatic carbocycles. The van der Waals surface area contributed by atoms with Gasteiger partial charge in [0.25, 0.3) is 0 Å². The lowest BCUT2D eigenvalue weighted by Gasteiger charge is -2.10. The number of hydrogen-bond acceptors (Lipinski definition) is 2. The second-order valence-corrected chi connectivity index (χ2v) is 6.51. The molecule has 2 nitrogen and oxygen atoms in total. The van der Waals surface area contributed by atoms with Crippen LogP contribution in [0.5, 0.6) is 0 Å². The number of ketones is 2. The number of rotatable bonds is 5. The molecule has 0 unspecified atom stereocenters. The van der Waals surface area contributed by atoms with Gasteiger partial charge in [0.15, 0.2) is 11.6 Å². The molecule has 0 N–H and O–H groups in total. The highest BCUT2D eigenvalue weighted by molar-refractivity contribution is 6.13. The van der Waals surface area contributed by atoms with E-state index in [9.17, 15) is 9.59 Å². The quantitative estimate of drug-likeness (QED) is 0.420. The lowest BCUT2D eigenvalue weighted by atomic mass is 9.93. The summed E-state index contributed by atoms with van der Waals surface area (Å²) in [7, 11) is 0. The number of hydrogen-bond donors (Lipinski definition) is 0. The van der Waals surface area contributed by atoms with Crippen LogP contribution < -0.4 is 0 Å². The Balaban J connectivity index is 1.67. The molecule has 0 fully saturated rings. The van der Waals surface area contributed by atoms with Gasteiger partial charge in [0.1, 0.15) is 0 Å². The third kappa shape index (κ3) is 3.53. The third-order valence-corrected chi connectivity index (χ3v) is 4.70. The van der Waals surface area contributed by atoms with Crippen LogP contribution in [0.15, 0.2) is 109 Å². The Hall–Kier alpha value is -3.78. The molecule has 0 aliphatic rings. The zero-order valence-corrected chi connectivity index (χ0v) is 15.2. The molecular formula is C26H18O2. The van der Waals surface area contributed by atoms with Crippen molar-refractivity contribution in [3.8, 4) is 11.1 Å². The van der Waals surface area contributed by atoms with Gasteiger partial charge in [-0.05, 0) is 11.1 Å². The molecule has 0 saturated carbocycles. The summed E-state index contributed by atoms with van der Waals surface area (Å²) in [6, 6.07) is 33.5. The Morgan fingerprint density at radius 1 is 0.429 bits per heavy atom. The Morgan fingerprint density at radius 2 is 0.893 bits per heavy atom. The topological polar surface area (TPSA) is 34.1 Å². The first-order chi connectivity index (χ1) is 13.7. The van der Waals surface area contributed by atoms with Crippen LogP contribution in [-0.2, 0) is 0 Å². The summed E-state index contributed by atoms with van der Waals surface area (Å²) in [4.78, 5) is 25.5. The molecule has 2 heteroatoms. The van der Waals surface area contributed by atoms with Crippen LogP contribution in [0.4, 0.5) is 0 Å². The summed E-state index contributed by atoms with van der Waals surface area (Å²) < 4.78 is 0. The summed E-state index contributed by atoms with van der Waals surface area (Å²) >= 11 is 0. The van der Waals surface area contributed by atoms with E-state index in [0.29, 0.717) is 22.3 Å². The zero-order valence-electron chi connectivity index (χ0n) is 15.2. The van der Waals surface area contributed by atoms with Crippen molar-refractivity contribution in [3.05, 3.63) is 131 Å². The average Bonchev–Trinajstić information content (AvgIpc) is 2.79. The second-order valence-electron chi connectivity index (χ2n) is 6.51. The molecule has 0 heterocycles. The molecule has 0 spiro atoms. The molecule has 0 amide bonds. The fourth-order valence-corrected chi connectivity index (χ4v) is 3.24. The minimum absolute atomic E-state index is 0.0132. The van der Waals surface area contributed by atoms with E-state index < -0.39 is 0 Å². The SMILES string of the molecule is O=C(c1ccccc1)c1ccc(-c2ccccc2C(=O)c2ccccc2)cc1. The smallest absolute Gasteiger partial charge is 0.193 e. The predicted octanol–water partition coefficient (Wildman–Crippen LogP) is 5.82. The van der Waals surface area contributed by atoms with Gasteiger partial charge in [-0.25, -0.2) is 0 Å². The highest BCUT2D eigenvalue weighted by Gasteiger charge is 2.15. The van der Waals surface area contributed by atoms with Gasteiger partial charge in [-0.1, -0.05) is 109 Å². The molecule has 0 bridgehead atoms. The van der Waals surface area contributed by atoms with Crippen molar-refractivity contribution in [2.24, 2.45) is 0 Å². The maximum atomic E-state index is 12.9. The molecule has 134 valence electrons. The van der Waals surface area contributed by atoms with E-state index >= 15 is 0 Å². The molecule has 0 aromatic heterocycles. The summed E-state index contributed by atoms with van der Waals surface area (Å²) in [5, 5.41) is 0. The van der Waals surface area contributed by atoms with Crippen LogP contribution >= 0.6 is 0 Å². The normalized spacial score (nSPS) is 10.4. The lowest BCUT2D eigenvalue weighted by molar-refractivity contribution is 0.103. The molecule has 0 aliphatic carbocycles. The van der Waals surface area contributed by atoms with Crippen LogP contribution in [0.25, 0.3) is 11.1 Å². The van der Waals surface area contributed by atoms with E-state index in [1.165, 1.54) is 0 Å². The number of carbonyl (C=O) groups excluding carboxylic acids is 2. The van der Waals surface area contributed by atoms with Gasteiger partial charge in [-0.3, -0.25) is 9.59 Å². The fraction of sp³-hybridized carbons (Fsp3) is 0. The highest BCUT2D eigenvalue weighted by atomic mass is 16.1. The highest BCUT2D eigenvalue weighted by Crippen LogP contribution is 2.26. The molecule has 0 saturated heterocycles. The van der Waals surface area contributed by atoms with Crippen molar-refractivity contribution in [3.63, 3.8) is 0 Å². The van der Waals surface area contributed by atoms with E-state index in [-0.39, 0.29) is 11.6 Å². The second kappa shape index (κ2) is 7.85. The minimum Gasteiger partial charge on any atom is -0.289 e. The van der Waals surface area contributed by atoms with Crippen LogP contribution in [-0.4, -0.2) is 11.6 Å². The molecule has 0 aliphatic heterocycles. The third-order valence-electron chi connectivity index (χ3n) is 4.70. The first-order valence-corrected chi connectivity index (χ1v) is 9.13. The zero-order chi connectivity index (χ0) is 19.3. The summed E-state index contributed by atoms with van der Waals surface area (Å²) in [5.74, 6) is -0.0264. The molecule has 4 rings (SSSR count). The summed E-state index contributed by atoms with van der Waals surface area (Å²) in [6.45, 7) is 0. The van der Waals surface area contributed by atoms with Gasteiger partial charge < -0.3 is 0 Å². The first kappa shape index (κ1) is 17.6. The maximum absolute atomic E-state index is 12.9. The van der Waals surface area contributed by atoms with E-state index in [0.717, 1.165) is 11.1 Å². The van der Waals surface area contributed by atoms with Gasteiger partial charge in [0, 0.05) is 22.3 Å². The number of benzene rings is 4. The lowest BCUT2D eigenvalue weighted by Crippen LogP contribution is -2.04. The first-order valence-electron chi connectivity index (χ1n) is 9.13. The van der Waals surface area contributed by atoms with E-state index in [4.69, 9.17) is 0 Å². The minimum atomic E-state index is -0.0133. The van der Waals surface area contributed by atoms with E-state index in [1.807, 2.05) is 109 Å². The van der Waals surface area contributed by atoms with Gasteiger partial charge >= 0.3 is 0 Å². The average molecular weight is 362 g/mol. The van der Waals surface area contributed by atoms with E-state index in [1.54, 1.807) is 0 Å². The van der Waals surface area contributed by atoms with Crippen LogP contribution in [0, 0.1) is 0 Å². The van der Waals surface area contributed by atoms with Crippen molar-refractivity contribution in [2.75, 3.05) is 0 Å². The van der Waals surface area contributed by atoms with Crippen LogP contribution in [0.1, 0.15) is 31.8 Å². The molecule has 0 radical (unpaired) electrons. The van der Waals surface area contributed by atoms with Crippen molar-refractivity contribution >= 4 is 11.6 Å². The van der Waals surface area contributed by atoms with Gasteiger partial charge in [0.05, 0.1) is 0 Å². The van der Waals surface area contributed by atoms with Gasteiger partial charge in [0.2, 0.25) is 0 Å². The Morgan fingerprint density at radius 3 is 1.50 bits per heavy atom. The van der Waals surface area contributed by atoms with Crippen molar-refractivity contribution < 1.29 is 9.59 Å². The standard InChI is InChI=1S/C26H18O2/c27-25(20-9-3-1-4-10-20)22-17-15-19(16-18-22)23-13-7-8-14-24(23)26(28)21-11-5-2-6-12-21/h1-18H. The van der Waals surface area contributed by atoms with Crippen molar-refractivity contribution in [2.45, 2.75) is 0 Å². The van der Waals surface area contributed by atoms with Crippen LogP contribution in [0.3, 0.4) is 0 Å². The molecular weight excluding hydrogens is 344 g/mol. The monoisotopic (exact) mass is 362 g/mol. The molecule has 28 heavy (non-hydrogen) atoms. The Bertz CT molecular complexity index is 1110.